The number of allylic oxidation sites excluding steroid dienone is 3. The summed E-state index contributed by atoms with van der Waals surface area (Å²) in [6.45, 7) is 1.95. The van der Waals surface area contributed by atoms with Gasteiger partial charge < -0.3 is 4.74 Å². The van der Waals surface area contributed by atoms with E-state index in [1.165, 1.54) is 0 Å². The van der Waals surface area contributed by atoms with Crippen molar-refractivity contribution in [3.05, 3.63) is 83.0 Å². The first-order chi connectivity index (χ1) is 19.1. The topological polar surface area (TPSA) is 9.23 Å². The first kappa shape index (κ1) is 30.3. The Morgan fingerprint density at radius 3 is 1.98 bits per heavy atom. The summed E-state index contributed by atoms with van der Waals surface area (Å²) >= 11 is 0. The number of halogens is 6. The molecule has 2 aromatic carbocycles. The Morgan fingerprint density at radius 1 is 0.800 bits per heavy atom. The van der Waals surface area contributed by atoms with Crippen LogP contribution < -0.4 is 4.74 Å². The van der Waals surface area contributed by atoms with E-state index in [0.29, 0.717) is 48.3 Å². The molecular formula is C33H38F6O. The molecule has 0 spiro atoms. The molecule has 0 unspecified atom stereocenters. The molecule has 2 aliphatic carbocycles. The standard InChI is InChI=1S/C33H38F6O/c1-2-3-4-25-12-16-26(29(34)19-25)15-11-23-8-5-22(6-9-23)7-10-24-13-17-27(18-14-24)33(38,39)40-28-20-30(35)32(37)31(36)21-28/h2-3,11-12,15-16,19-24,27H,4-10,13-14,17-18H2,1H3/b3-2-,15-11+. The average molecular weight is 565 g/mol. The van der Waals surface area contributed by atoms with Gasteiger partial charge in [-0.3, -0.25) is 0 Å². The third kappa shape index (κ3) is 8.17. The van der Waals surface area contributed by atoms with Crippen LogP contribution >= 0.6 is 0 Å². The van der Waals surface area contributed by atoms with Crippen molar-refractivity contribution in [2.24, 2.45) is 23.7 Å². The molecular weight excluding hydrogens is 526 g/mol. The van der Waals surface area contributed by atoms with Crippen molar-refractivity contribution in [1.82, 2.24) is 0 Å². The van der Waals surface area contributed by atoms with Crippen LogP contribution in [0.15, 0.2) is 48.6 Å². The predicted molar refractivity (Wildman–Crippen MR) is 146 cm³/mol. The lowest BCUT2D eigenvalue weighted by Crippen LogP contribution is -2.37. The molecule has 1 nitrogen and oxygen atoms in total. The fraction of sp³-hybridized carbons (Fsp3) is 0.515. The molecule has 218 valence electrons. The highest BCUT2D eigenvalue weighted by molar-refractivity contribution is 5.51. The highest BCUT2D eigenvalue weighted by atomic mass is 19.3. The summed E-state index contributed by atoms with van der Waals surface area (Å²) in [6.07, 6.45) is 13.5. The zero-order chi connectivity index (χ0) is 28.7. The maximum absolute atomic E-state index is 14.7. The summed E-state index contributed by atoms with van der Waals surface area (Å²) in [7, 11) is 0. The van der Waals surface area contributed by atoms with Gasteiger partial charge in [-0.15, -0.1) is 0 Å². The van der Waals surface area contributed by atoms with E-state index in [1.807, 2.05) is 37.3 Å². The largest absolute Gasteiger partial charge is 0.432 e. The SMILES string of the molecule is C/C=C\Cc1ccc(/C=C/C2CCC(CCC3CCC(C(F)(F)Oc4cc(F)c(F)c(F)c4)CC3)CC2)c(F)c1. The minimum atomic E-state index is -3.58. The molecule has 0 amide bonds. The molecule has 0 bridgehead atoms. The minimum absolute atomic E-state index is 0.191. The second kappa shape index (κ2) is 13.8. The quantitative estimate of drug-likeness (QED) is 0.158. The summed E-state index contributed by atoms with van der Waals surface area (Å²) in [5, 5.41) is 0. The summed E-state index contributed by atoms with van der Waals surface area (Å²) in [5.41, 5.74) is 1.58. The van der Waals surface area contributed by atoms with Crippen molar-refractivity contribution in [3.8, 4) is 5.75 Å². The molecule has 0 radical (unpaired) electrons. The Kier molecular flexibility index (Phi) is 10.4. The van der Waals surface area contributed by atoms with E-state index in [1.54, 1.807) is 6.07 Å². The fourth-order valence-corrected chi connectivity index (χ4v) is 6.09. The molecule has 0 aromatic heterocycles. The van der Waals surface area contributed by atoms with E-state index >= 15 is 0 Å². The first-order valence-corrected chi connectivity index (χ1v) is 14.4. The van der Waals surface area contributed by atoms with Crippen molar-refractivity contribution in [2.75, 3.05) is 0 Å². The molecule has 0 atom stereocenters. The molecule has 4 rings (SSSR count). The van der Waals surface area contributed by atoms with Gasteiger partial charge in [-0.1, -0.05) is 49.3 Å². The predicted octanol–water partition coefficient (Wildman–Crippen LogP) is 10.4. The highest BCUT2D eigenvalue weighted by Gasteiger charge is 2.44. The highest BCUT2D eigenvalue weighted by Crippen LogP contribution is 2.42. The van der Waals surface area contributed by atoms with E-state index in [2.05, 4.69) is 10.8 Å². The zero-order valence-electron chi connectivity index (χ0n) is 23.0. The van der Waals surface area contributed by atoms with Gasteiger partial charge >= 0.3 is 6.11 Å². The van der Waals surface area contributed by atoms with Crippen LogP contribution in [0.4, 0.5) is 26.3 Å². The van der Waals surface area contributed by atoms with Crippen LogP contribution in [0.2, 0.25) is 0 Å². The van der Waals surface area contributed by atoms with Crippen molar-refractivity contribution < 1.29 is 31.1 Å². The third-order valence-electron chi connectivity index (χ3n) is 8.61. The van der Waals surface area contributed by atoms with Gasteiger partial charge in [-0.05, 0) is 94.1 Å². The monoisotopic (exact) mass is 564 g/mol. The number of hydrogen-bond acceptors (Lipinski definition) is 1. The number of benzene rings is 2. The Hall–Kier alpha value is -2.70. The molecule has 2 aromatic rings. The van der Waals surface area contributed by atoms with Gasteiger partial charge in [0.1, 0.15) is 11.6 Å². The molecule has 40 heavy (non-hydrogen) atoms. The van der Waals surface area contributed by atoms with Crippen LogP contribution in [0.3, 0.4) is 0 Å². The average Bonchev–Trinajstić information content (AvgIpc) is 2.93. The normalized spacial score (nSPS) is 24.2. The van der Waals surface area contributed by atoms with Gasteiger partial charge in [0.05, 0.1) is 5.92 Å². The fourth-order valence-electron chi connectivity index (χ4n) is 6.09. The number of ether oxygens (including phenoxy) is 1. The Balaban J connectivity index is 1.16. The Labute approximate surface area is 233 Å². The molecule has 2 aliphatic rings. The minimum Gasteiger partial charge on any atom is -0.432 e. The van der Waals surface area contributed by atoms with Crippen LogP contribution in [0.25, 0.3) is 6.08 Å². The van der Waals surface area contributed by atoms with E-state index in [9.17, 15) is 26.3 Å². The molecule has 0 aliphatic heterocycles. The van der Waals surface area contributed by atoms with Crippen molar-refractivity contribution in [3.63, 3.8) is 0 Å². The first-order valence-electron chi connectivity index (χ1n) is 14.4. The molecule has 7 heteroatoms. The lowest BCUT2D eigenvalue weighted by Gasteiger charge is -2.34. The third-order valence-corrected chi connectivity index (χ3v) is 8.61. The Bertz CT molecular complexity index is 1150. The van der Waals surface area contributed by atoms with Gasteiger partial charge in [0.15, 0.2) is 17.5 Å². The van der Waals surface area contributed by atoms with Crippen LogP contribution in [0.5, 0.6) is 5.75 Å². The lowest BCUT2D eigenvalue weighted by molar-refractivity contribution is -0.223. The van der Waals surface area contributed by atoms with Gasteiger partial charge in [0, 0.05) is 17.7 Å². The summed E-state index contributed by atoms with van der Waals surface area (Å²) < 4.78 is 88.3. The lowest BCUT2D eigenvalue weighted by atomic mass is 9.75. The van der Waals surface area contributed by atoms with Crippen LogP contribution in [-0.2, 0) is 6.42 Å². The summed E-state index contributed by atoms with van der Waals surface area (Å²) in [5.74, 6) is -5.32. The maximum atomic E-state index is 14.7. The molecule has 0 saturated heterocycles. The number of hydrogen-bond donors (Lipinski definition) is 0. The molecule has 2 saturated carbocycles. The van der Waals surface area contributed by atoms with E-state index in [4.69, 9.17) is 0 Å². The second-order valence-electron chi connectivity index (χ2n) is 11.4. The van der Waals surface area contributed by atoms with Crippen LogP contribution in [0, 0.1) is 46.9 Å². The van der Waals surface area contributed by atoms with E-state index < -0.39 is 35.2 Å². The van der Waals surface area contributed by atoms with Crippen molar-refractivity contribution in [2.45, 2.75) is 83.7 Å². The van der Waals surface area contributed by atoms with E-state index in [-0.39, 0.29) is 18.7 Å². The smallest absolute Gasteiger partial charge is 0.400 e. The number of alkyl halides is 2. The van der Waals surface area contributed by atoms with Gasteiger partial charge in [-0.25, -0.2) is 17.6 Å². The summed E-state index contributed by atoms with van der Waals surface area (Å²) in [4.78, 5) is 0. The molecule has 2 fully saturated rings. The summed E-state index contributed by atoms with van der Waals surface area (Å²) in [6, 6.07) is 6.31. The van der Waals surface area contributed by atoms with Gasteiger partial charge in [0.25, 0.3) is 0 Å². The van der Waals surface area contributed by atoms with Crippen LogP contribution in [0.1, 0.15) is 82.3 Å². The molecule has 0 heterocycles. The van der Waals surface area contributed by atoms with Crippen LogP contribution in [-0.4, -0.2) is 6.11 Å². The zero-order valence-corrected chi connectivity index (χ0v) is 23.0. The second-order valence-corrected chi connectivity index (χ2v) is 11.4. The van der Waals surface area contributed by atoms with Gasteiger partial charge in [0.2, 0.25) is 0 Å². The Morgan fingerprint density at radius 2 is 1.40 bits per heavy atom. The van der Waals surface area contributed by atoms with Crippen molar-refractivity contribution >= 4 is 6.08 Å². The van der Waals surface area contributed by atoms with Gasteiger partial charge in [-0.2, -0.15) is 8.78 Å². The number of rotatable bonds is 10. The maximum Gasteiger partial charge on any atom is 0.400 e. The van der Waals surface area contributed by atoms with E-state index in [0.717, 1.165) is 50.5 Å². The molecule has 0 N–H and O–H groups in total. The van der Waals surface area contributed by atoms with Crippen molar-refractivity contribution in [1.29, 1.82) is 0 Å².